The van der Waals surface area contributed by atoms with Gasteiger partial charge in [-0.25, -0.2) is 4.79 Å². The molecule has 22 heteroatoms. The van der Waals surface area contributed by atoms with Gasteiger partial charge in [0, 0.05) is 101 Å². The number of hydrogen-bond acceptors (Lipinski definition) is 13. The zero-order valence-corrected chi connectivity index (χ0v) is 40.3. The Labute approximate surface area is 414 Å². The molecule has 3 aliphatic heterocycles. The van der Waals surface area contributed by atoms with Crippen LogP contribution in [0, 0.1) is 5.92 Å². The number of para-hydroxylation sites is 1. The molecule has 0 radical (unpaired) electrons. The number of unbranched alkanes of at least 4 members (excludes halogenated alkanes) is 3. The number of nitrogens with zero attached hydrogens (tertiary/aromatic N) is 6. The summed E-state index contributed by atoms with van der Waals surface area (Å²) in [5.74, 6) is -4.52. The molecule has 3 aliphatic carbocycles. The molecule has 2 bridgehead atoms. The first-order chi connectivity index (χ1) is 34.3. The molecule has 7 N–H and O–H groups in total. The van der Waals surface area contributed by atoms with Gasteiger partial charge in [0.1, 0.15) is 0 Å². The van der Waals surface area contributed by atoms with Crippen LogP contribution in [0.5, 0.6) is 11.5 Å². The van der Waals surface area contributed by atoms with Crippen LogP contribution in [0.4, 0.5) is 13.2 Å². The second-order valence-electron chi connectivity index (χ2n) is 20.3. The quantitative estimate of drug-likeness (QED) is 0.0961. The van der Waals surface area contributed by atoms with Crippen molar-refractivity contribution in [2.75, 3.05) is 98.2 Å². The van der Waals surface area contributed by atoms with Crippen molar-refractivity contribution in [3.8, 4) is 11.5 Å². The number of benzene rings is 2. The van der Waals surface area contributed by atoms with Crippen LogP contribution < -0.4 is 10.1 Å². The molecule has 3 fully saturated rings. The smallest absolute Gasteiger partial charge is 0.490 e. The molecule has 72 heavy (non-hydrogen) atoms. The minimum Gasteiger partial charge on any atom is -0.504 e. The summed E-state index contributed by atoms with van der Waals surface area (Å²) in [6.07, 6.45) is 2.62. The Morgan fingerprint density at radius 2 is 1.29 bits per heavy atom. The molecule has 394 valence electrons. The molecule has 1 spiro atoms. The molecule has 1 amide bonds. The molecule has 1 aromatic heterocycles. The van der Waals surface area contributed by atoms with Crippen molar-refractivity contribution in [2.24, 2.45) is 5.92 Å². The molecule has 1 saturated carbocycles. The largest absolute Gasteiger partial charge is 0.504 e. The van der Waals surface area contributed by atoms with Crippen molar-refractivity contribution in [1.82, 2.24) is 34.4 Å². The number of phenolic OH excluding ortho intramolecular Hbond substituents is 1. The highest BCUT2D eigenvalue weighted by Gasteiger charge is 2.73. The number of fused-ring (bicyclic) bond motifs is 4. The van der Waals surface area contributed by atoms with E-state index in [0.29, 0.717) is 77.0 Å². The second-order valence-corrected chi connectivity index (χ2v) is 20.3. The lowest BCUT2D eigenvalue weighted by Crippen LogP contribution is -2.74. The van der Waals surface area contributed by atoms with Gasteiger partial charge in [-0.3, -0.25) is 43.7 Å². The molecule has 4 atom stereocenters. The van der Waals surface area contributed by atoms with Crippen LogP contribution in [0.1, 0.15) is 73.4 Å². The third-order valence-corrected chi connectivity index (χ3v) is 15.6. The van der Waals surface area contributed by atoms with Crippen LogP contribution in [0.3, 0.4) is 0 Å². The van der Waals surface area contributed by atoms with E-state index < -0.39 is 47.2 Å². The van der Waals surface area contributed by atoms with Crippen molar-refractivity contribution >= 4 is 40.7 Å². The van der Waals surface area contributed by atoms with Crippen molar-refractivity contribution < 1.29 is 72.5 Å². The number of alkyl halides is 3. The van der Waals surface area contributed by atoms with Crippen molar-refractivity contribution in [2.45, 2.75) is 93.7 Å². The Morgan fingerprint density at radius 3 is 1.85 bits per heavy atom. The molecule has 9 rings (SSSR count). The topological polar surface area (TPSA) is 249 Å². The summed E-state index contributed by atoms with van der Waals surface area (Å²) in [7, 11) is 0. The van der Waals surface area contributed by atoms with Gasteiger partial charge in [-0.2, -0.15) is 13.2 Å². The van der Waals surface area contributed by atoms with Gasteiger partial charge in [0.15, 0.2) is 17.6 Å². The molecule has 0 unspecified atom stereocenters. The average molecular weight is 1010 g/mol. The first-order valence-electron chi connectivity index (χ1n) is 25.0. The number of carboxylic acids is 4. The van der Waals surface area contributed by atoms with Crippen molar-refractivity contribution in [3.63, 3.8) is 0 Å². The third-order valence-electron chi connectivity index (χ3n) is 15.6. The summed E-state index contributed by atoms with van der Waals surface area (Å²) in [5, 5.41) is 64.4. The van der Waals surface area contributed by atoms with E-state index >= 15 is 0 Å². The van der Waals surface area contributed by atoms with Crippen molar-refractivity contribution in [3.05, 3.63) is 58.8 Å². The van der Waals surface area contributed by atoms with Crippen LogP contribution in [0.2, 0.25) is 0 Å². The first-order valence-corrected chi connectivity index (χ1v) is 25.0. The summed E-state index contributed by atoms with van der Waals surface area (Å²) in [6.45, 7) is 5.36. The maximum atomic E-state index is 13.3. The number of aromatic hydroxyl groups is 1. The summed E-state index contributed by atoms with van der Waals surface area (Å²) in [4.78, 5) is 66.7. The second kappa shape index (κ2) is 21.9. The van der Waals surface area contributed by atoms with E-state index in [9.17, 15) is 57.9 Å². The van der Waals surface area contributed by atoms with Gasteiger partial charge in [-0.1, -0.05) is 37.1 Å². The van der Waals surface area contributed by atoms with Gasteiger partial charge < -0.3 is 45.3 Å². The molecular weight excluding hydrogens is 948 g/mol. The number of aliphatic carboxylic acids is 4. The highest BCUT2D eigenvalue weighted by Crippen LogP contribution is 2.69. The van der Waals surface area contributed by atoms with E-state index in [4.69, 9.17) is 14.6 Å². The number of halogens is 3. The number of piperidine rings is 1. The fraction of sp³-hybridized carbons (Fsp3) is 0.620. The molecule has 19 nitrogen and oxygen atoms in total. The summed E-state index contributed by atoms with van der Waals surface area (Å²) in [6, 6.07) is 12.3. The average Bonchev–Trinajstić information content (AvgIpc) is 3.98. The standard InChI is InChI=1S/C48H65N7O10.C2HF3O2/c56-37-12-11-33-25-38-48(64)26-35-34-7-3-4-8-36(34)55(44(35)46-47(48,43(33)45(37)65-46)13-16-54(38)27-32-9-10-32)15-6-2-1-5-14-49-39(57)28-50-17-19-51(29-40(58)59)21-23-53(31-42(62)63)24-22-52(20-18-50)30-41(60)61;3-2(4,5)1(6)7/h3-4,7-8,11-12,32,38,46,56,64H,1-2,5-6,9-10,13-31H2,(H,49,57)(H,58,59)(H,60,61)(H,62,63);(H,6,7)/t38-,46+,47+,48-;/m1./s1. The molecule has 6 aliphatic rings. The van der Waals surface area contributed by atoms with Gasteiger partial charge in [-0.15, -0.1) is 0 Å². The summed E-state index contributed by atoms with van der Waals surface area (Å²) < 4.78 is 41.1. The van der Waals surface area contributed by atoms with Gasteiger partial charge >= 0.3 is 30.1 Å². The number of hydrogen-bond donors (Lipinski definition) is 7. The molecule has 2 saturated heterocycles. The normalized spacial score (nSPS) is 24.9. The molecular formula is C50H66F3N7O12. The Hall–Kier alpha value is -5.52. The number of rotatable bonds is 17. The number of aliphatic hydroxyl groups is 1. The Kier molecular flexibility index (Phi) is 16.1. The zero-order chi connectivity index (χ0) is 51.5. The van der Waals surface area contributed by atoms with E-state index in [0.717, 1.165) is 85.9 Å². The highest BCUT2D eigenvalue weighted by atomic mass is 19.4. The first kappa shape index (κ1) is 52.8. The minimum atomic E-state index is -5.08. The molecule has 3 aromatic rings. The molecule has 2 aromatic carbocycles. The Morgan fingerprint density at radius 1 is 0.736 bits per heavy atom. The number of amides is 1. The number of phenols is 1. The predicted octanol–water partition coefficient (Wildman–Crippen LogP) is 2.83. The summed E-state index contributed by atoms with van der Waals surface area (Å²) >= 11 is 0. The number of aromatic nitrogens is 1. The number of likely N-dealkylation sites (tertiary alicyclic amines) is 1. The van der Waals surface area contributed by atoms with Gasteiger partial charge in [0.25, 0.3) is 0 Å². The fourth-order valence-electron chi connectivity index (χ4n) is 12.1. The van der Waals surface area contributed by atoms with Gasteiger partial charge in [0.2, 0.25) is 5.91 Å². The maximum Gasteiger partial charge on any atom is 0.490 e. The number of carboxylic acid groups (broad SMARTS) is 4. The van der Waals surface area contributed by atoms with Crippen LogP contribution >= 0.6 is 0 Å². The lowest BCUT2D eigenvalue weighted by molar-refractivity contribution is -0.192. The number of carbonyl (C=O) groups excluding carboxylic acids is 1. The van der Waals surface area contributed by atoms with E-state index in [1.165, 1.54) is 18.4 Å². The number of aryl methyl sites for hydroxylation is 1. The van der Waals surface area contributed by atoms with Gasteiger partial charge in [-0.05, 0) is 74.2 Å². The summed E-state index contributed by atoms with van der Waals surface area (Å²) in [5.41, 5.74) is 3.93. The maximum absolute atomic E-state index is 13.3. The predicted molar refractivity (Wildman–Crippen MR) is 254 cm³/mol. The number of ether oxygens (including phenoxy) is 1. The van der Waals surface area contributed by atoms with E-state index in [1.807, 2.05) is 4.90 Å². The third kappa shape index (κ3) is 11.3. The van der Waals surface area contributed by atoms with Crippen molar-refractivity contribution in [1.29, 1.82) is 0 Å². The van der Waals surface area contributed by atoms with Crippen LogP contribution in [-0.4, -0.2) is 205 Å². The Balaban J connectivity index is 0.000000923. The number of carbonyl (C=O) groups is 5. The number of nitrogens with one attached hydrogen (secondary N) is 1. The SMILES string of the molecule is O=C(O)C(F)(F)F.O=C(O)CN1CCN(CC(=O)O)CCN(CC(=O)NCCCCCCn2c3c(c4ccccc42)C[C@@]2(O)[C@H]4Cc5ccc(O)c6c5[C@@]2(CCN4CC2CC2)[C@H]3O6)CCN(CC(=O)O)CC1. The highest BCUT2D eigenvalue weighted by molar-refractivity contribution is 5.87. The lowest BCUT2D eigenvalue weighted by Gasteiger charge is -2.63. The van der Waals surface area contributed by atoms with Crippen LogP contribution in [0.25, 0.3) is 10.9 Å². The van der Waals surface area contributed by atoms with Crippen LogP contribution in [-0.2, 0) is 48.8 Å². The monoisotopic (exact) mass is 1010 g/mol. The zero-order valence-electron chi connectivity index (χ0n) is 40.3. The molecule has 4 heterocycles. The fourth-order valence-corrected chi connectivity index (χ4v) is 12.1. The van der Waals surface area contributed by atoms with E-state index in [1.54, 1.807) is 20.8 Å². The van der Waals surface area contributed by atoms with Gasteiger partial charge in [0.05, 0.1) is 42.9 Å². The minimum absolute atomic E-state index is 0.0256. The van der Waals surface area contributed by atoms with E-state index in [2.05, 4.69) is 45.1 Å². The van der Waals surface area contributed by atoms with Crippen LogP contribution in [0.15, 0.2) is 36.4 Å². The Bertz CT molecular complexity index is 2470. The van der Waals surface area contributed by atoms with E-state index in [-0.39, 0.29) is 43.9 Å². The lowest BCUT2D eigenvalue weighted by atomic mass is 9.49.